The van der Waals surface area contributed by atoms with Crippen molar-refractivity contribution in [1.29, 1.82) is 0 Å². The summed E-state index contributed by atoms with van der Waals surface area (Å²) >= 11 is 0. The third-order valence-electron chi connectivity index (χ3n) is 6.04. The molecule has 0 saturated carbocycles. The van der Waals surface area contributed by atoms with Crippen molar-refractivity contribution in [2.24, 2.45) is 5.73 Å². The molecular formula is C23H34N2O3S. The van der Waals surface area contributed by atoms with Gasteiger partial charge in [-0.1, -0.05) is 57.0 Å². The molecule has 5 nitrogen and oxygen atoms in total. The Morgan fingerprint density at radius 2 is 1.93 bits per heavy atom. The van der Waals surface area contributed by atoms with E-state index in [-0.39, 0.29) is 18.1 Å². The molecule has 2 atom stereocenters. The van der Waals surface area contributed by atoms with Crippen molar-refractivity contribution in [2.45, 2.75) is 62.6 Å². The minimum atomic E-state index is -3.00. The first-order valence-electron chi connectivity index (χ1n) is 10.4. The number of unbranched alkanes of at least 4 members (excludes halogenated alkanes) is 1. The highest BCUT2D eigenvalue weighted by atomic mass is 32.3. The van der Waals surface area contributed by atoms with Crippen molar-refractivity contribution >= 4 is 10.6 Å². The quantitative estimate of drug-likeness (QED) is 0.490. The van der Waals surface area contributed by atoms with E-state index in [2.05, 4.69) is 31.3 Å². The smallest absolute Gasteiger partial charge is 0.123 e. The normalized spacial score (nSPS) is 24.4. The molecule has 160 valence electrons. The summed E-state index contributed by atoms with van der Waals surface area (Å²) in [7, 11) is -1.38. The molecule has 29 heavy (non-hydrogen) atoms. The van der Waals surface area contributed by atoms with Crippen molar-refractivity contribution < 1.29 is 13.8 Å². The molecule has 6 heteroatoms. The SMILES string of the molecule is CCCC[C@]1(CC)CS(O)(O)c2cc(CN)c(OC)cc2[C@@H](c2ccccc2)N1. The Hall–Kier alpha value is -1.57. The monoisotopic (exact) mass is 418 g/mol. The summed E-state index contributed by atoms with van der Waals surface area (Å²) in [4.78, 5) is 0.590. The minimum absolute atomic E-state index is 0.155. The van der Waals surface area contributed by atoms with Crippen LogP contribution in [0.3, 0.4) is 0 Å². The summed E-state index contributed by atoms with van der Waals surface area (Å²) in [5.74, 6) is 0.991. The zero-order valence-electron chi connectivity index (χ0n) is 17.6. The third-order valence-corrected chi connectivity index (χ3v) is 8.06. The first-order valence-corrected chi connectivity index (χ1v) is 12.1. The lowest BCUT2D eigenvalue weighted by Crippen LogP contribution is -2.49. The van der Waals surface area contributed by atoms with E-state index < -0.39 is 10.6 Å². The van der Waals surface area contributed by atoms with Gasteiger partial charge in [-0.15, -0.1) is 0 Å². The Bertz CT molecular complexity index is 828. The number of nitrogens with one attached hydrogen (secondary N) is 1. The van der Waals surface area contributed by atoms with Gasteiger partial charge in [-0.3, -0.25) is 14.4 Å². The fourth-order valence-corrected chi connectivity index (χ4v) is 6.56. The molecule has 3 rings (SSSR count). The second-order valence-corrected chi connectivity index (χ2v) is 10.0. The highest BCUT2D eigenvalue weighted by Crippen LogP contribution is 2.57. The van der Waals surface area contributed by atoms with E-state index in [1.165, 1.54) is 0 Å². The molecule has 0 radical (unpaired) electrons. The van der Waals surface area contributed by atoms with Gasteiger partial charge in [0.25, 0.3) is 0 Å². The van der Waals surface area contributed by atoms with Crippen LogP contribution in [0.1, 0.15) is 62.3 Å². The summed E-state index contributed by atoms with van der Waals surface area (Å²) in [5.41, 5.74) is 8.32. The Kier molecular flexibility index (Phi) is 6.91. The summed E-state index contributed by atoms with van der Waals surface area (Å²) < 4.78 is 28.3. The first kappa shape index (κ1) is 22.1. The zero-order valence-corrected chi connectivity index (χ0v) is 18.5. The van der Waals surface area contributed by atoms with Gasteiger partial charge in [-0.25, -0.2) is 0 Å². The van der Waals surface area contributed by atoms with Crippen molar-refractivity contribution in [2.75, 3.05) is 12.9 Å². The van der Waals surface area contributed by atoms with Gasteiger partial charge in [0, 0.05) is 23.2 Å². The Balaban J connectivity index is 2.24. The van der Waals surface area contributed by atoms with Crippen molar-refractivity contribution in [3.63, 3.8) is 0 Å². The molecular weight excluding hydrogens is 384 g/mol. The lowest BCUT2D eigenvalue weighted by Gasteiger charge is -2.42. The van der Waals surface area contributed by atoms with Crippen LogP contribution < -0.4 is 15.8 Å². The lowest BCUT2D eigenvalue weighted by atomic mass is 9.88. The van der Waals surface area contributed by atoms with Crippen LogP contribution in [0.15, 0.2) is 47.4 Å². The van der Waals surface area contributed by atoms with Crippen LogP contribution in [0, 0.1) is 0 Å². The third kappa shape index (κ3) is 4.47. The topological polar surface area (TPSA) is 87.7 Å². The number of rotatable bonds is 7. The number of ether oxygens (including phenoxy) is 1. The predicted molar refractivity (Wildman–Crippen MR) is 121 cm³/mol. The molecule has 0 unspecified atom stereocenters. The van der Waals surface area contributed by atoms with Crippen molar-refractivity contribution in [3.05, 3.63) is 59.2 Å². The number of nitrogens with two attached hydrogens (primary N) is 1. The van der Waals surface area contributed by atoms with Gasteiger partial charge >= 0.3 is 0 Å². The highest BCUT2D eigenvalue weighted by Gasteiger charge is 2.42. The standard InChI is InChI=1S/C23H34N2O3S/c1-4-6-12-23(5-2)16-29(26,27)21-13-18(15-24)20(28-3)14-19(21)22(25-23)17-10-8-7-9-11-17/h7-11,13-14,22,25-27H,4-6,12,15-16,24H2,1-3H3/t22-,23-/m1/s1. The molecule has 5 N–H and O–H groups in total. The van der Waals surface area contributed by atoms with Gasteiger partial charge in [0.15, 0.2) is 0 Å². The molecule has 0 aromatic heterocycles. The Morgan fingerprint density at radius 3 is 2.52 bits per heavy atom. The second-order valence-electron chi connectivity index (χ2n) is 7.94. The van der Waals surface area contributed by atoms with E-state index in [0.29, 0.717) is 16.4 Å². The molecule has 1 aliphatic heterocycles. The fraction of sp³-hybridized carbons (Fsp3) is 0.478. The molecule has 0 aliphatic carbocycles. The Morgan fingerprint density at radius 1 is 1.21 bits per heavy atom. The van der Waals surface area contributed by atoms with Crippen LogP contribution in [0.25, 0.3) is 0 Å². The first-order chi connectivity index (χ1) is 13.9. The van der Waals surface area contributed by atoms with Gasteiger partial charge in [0.05, 0.1) is 23.8 Å². The summed E-state index contributed by atoms with van der Waals surface area (Å²) in [5, 5.41) is 3.84. The van der Waals surface area contributed by atoms with Gasteiger partial charge in [0.1, 0.15) is 5.75 Å². The fourth-order valence-electron chi connectivity index (χ4n) is 4.31. The molecule has 0 fully saturated rings. The molecule has 0 amide bonds. The van der Waals surface area contributed by atoms with Gasteiger partial charge in [0.2, 0.25) is 0 Å². The van der Waals surface area contributed by atoms with E-state index >= 15 is 0 Å². The van der Waals surface area contributed by atoms with E-state index in [9.17, 15) is 9.11 Å². The maximum Gasteiger partial charge on any atom is 0.123 e. The molecule has 0 spiro atoms. The van der Waals surface area contributed by atoms with Gasteiger partial charge in [-0.05, 0) is 30.5 Å². The van der Waals surface area contributed by atoms with E-state index in [1.54, 1.807) is 7.11 Å². The molecule has 0 saturated heterocycles. The minimum Gasteiger partial charge on any atom is -0.496 e. The van der Waals surface area contributed by atoms with Crippen LogP contribution in [-0.4, -0.2) is 27.5 Å². The number of methoxy groups -OCH3 is 1. The van der Waals surface area contributed by atoms with Gasteiger partial charge in [-0.2, -0.15) is 10.6 Å². The van der Waals surface area contributed by atoms with Crippen LogP contribution >= 0.6 is 10.6 Å². The summed E-state index contributed by atoms with van der Waals surface area (Å²) in [6.45, 7) is 4.58. The highest BCUT2D eigenvalue weighted by molar-refractivity contribution is 8.24. The summed E-state index contributed by atoms with van der Waals surface area (Å²) in [6, 6.07) is 13.8. The largest absolute Gasteiger partial charge is 0.496 e. The molecule has 1 aliphatic rings. The average molecular weight is 419 g/mol. The van der Waals surface area contributed by atoms with Crippen molar-refractivity contribution in [1.82, 2.24) is 5.32 Å². The van der Waals surface area contributed by atoms with Crippen LogP contribution in [0.2, 0.25) is 0 Å². The number of hydrogen-bond donors (Lipinski definition) is 4. The van der Waals surface area contributed by atoms with Crippen LogP contribution in [0.5, 0.6) is 5.75 Å². The van der Waals surface area contributed by atoms with Crippen LogP contribution in [0.4, 0.5) is 0 Å². The van der Waals surface area contributed by atoms with Gasteiger partial charge < -0.3 is 10.5 Å². The Labute approximate surface area is 176 Å². The molecule has 2 aromatic carbocycles. The number of benzene rings is 2. The maximum absolute atomic E-state index is 11.3. The van der Waals surface area contributed by atoms with E-state index in [0.717, 1.165) is 42.4 Å². The predicted octanol–water partition coefficient (Wildman–Crippen LogP) is 5.30. The average Bonchev–Trinajstić information content (AvgIpc) is 2.84. The molecule has 2 aromatic rings. The van der Waals surface area contributed by atoms with E-state index in [4.69, 9.17) is 10.5 Å². The number of fused-ring (bicyclic) bond motifs is 1. The van der Waals surface area contributed by atoms with Crippen molar-refractivity contribution in [3.8, 4) is 5.75 Å². The number of hydrogen-bond acceptors (Lipinski definition) is 5. The lowest BCUT2D eigenvalue weighted by molar-refractivity contribution is 0.290. The van der Waals surface area contributed by atoms with E-state index in [1.807, 2.05) is 30.3 Å². The summed E-state index contributed by atoms with van der Waals surface area (Å²) in [6.07, 6.45) is 3.82. The maximum atomic E-state index is 11.3. The molecule has 1 heterocycles. The van der Waals surface area contributed by atoms with Crippen LogP contribution in [-0.2, 0) is 6.54 Å². The molecule has 0 bridgehead atoms. The second kappa shape index (κ2) is 9.06. The zero-order chi connectivity index (χ0) is 21.1.